The summed E-state index contributed by atoms with van der Waals surface area (Å²) in [5, 5.41) is 7.21. The molecule has 0 aliphatic rings. The molecule has 3 heteroatoms. The van der Waals surface area contributed by atoms with Gasteiger partial charge in [-0.2, -0.15) is 5.10 Å². The van der Waals surface area contributed by atoms with Crippen molar-refractivity contribution in [1.29, 1.82) is 0 Å². The fraction of sp³-hybridized carbons (Fsp3) is 0.357. The Hall–Kier alpha value is -1.77. The number of aromatic amines is 1. The molecule has 17 heavy (non-hydrogen) atoms. The van der Waals surface area contributed by atoms with E-state index < -0.39 is 0 Å². The minimum Gasteiger partial charge on any atom is -0.496 e. The molecule has 90 valence electrons. The number of hydrogen-bond acceptors (Lipinski definition) is 2. The van der Waals surface area contributed by atoms with Crippen LogP contribution in [0.3, 0.4) is 0 Å². The number of hydrogen-bond donors (Lipinski definition) is 1. The lowest BCUT2D eigenvalue weighted by Gasteiger charge is -2.11. The number of H-pyrrole nitrogens is 1. The topological polar surface area (TPSA) is 37.9 Å². The molecule has 2 aromatic rings. The summed E-state index contributed by atoms with van der Waals surface area (Å²) in [6.45, 7) is 6.34. The van der Waals surface area contributed by atoms with E-state index in [1.165, 1.54) is 5.56 Å². The van der Waals surface area contributed by atoms with Crippen LogP contribution in [0.25, 0.3) is 11.3 Å². The first-order valence-electron chi connectivity index (χ1n) is 5.82. The van der Waals surface area contributed by atoms with E-state index in [1.807, 2.05) is 13.0 Å². The Labute approximate surface area is 102 Å². The third-order valence-electron chi connectivity index (χ3n) is 2.87. The normalized spacial score (nSPS) is 10.9. The fourth-order valence-corrected chi connectivity index (χ4v) is 1.83. The van der Waals surface area contributed by atoms with Crippen LogP contribution in [0.1, 0.15) is 31.0 Å². The number of methoxy groups -OCH3 is 1. The van der Waals surface area contributed by atoms with Gasteiger partial charge in [0.1, 0.15) is 5.75 Å². The van der Waals surface area contributed by atoms with E-state index in [1.54, 1.807) is 7.11 Å². The molecule has 0 saturated heterocycles. The van der Waals surface area contributed by atoms with Gasteiger partial charge in [0.25, 0.3) is 0 Å². The molecule has 1 aromatic carbocycles. The summed E-state index contributed by atoms with van der Waals surface area (Å²) in [6.07, 6.45) is 0. The maximum Gasteiger partial charge on any atom is 0.128 e. The summed E-state index contributed by atoms with van der Waals surface area (Å²) in [4.78, 5) is 0. The smallest absolute Gasteiger partial charge is 0.128 e. The molecule has 0 bridgehead atoms. The molecule has 0 fully saturated rings. The minimum absolute atomic E-state index is 0.499. The first kappa shape index (κ1) is 11.7. The van der Waals surface area contributed by atoms with E-state index in [0.29, 0.717) is 5.92 Å². The van der Waals surface area contributed by atoms with Gasteiger partial charge in [0.05, 0.1) is 12.8 Å². The molecule has 0 unspecified atom stereocenters. The first-order valence-corrected chi connectivity index (χ1v) is 5.82. The zero-order chi connectivity index (χ0) is 12.4. The van der Waals surface area contributed by atoms with Gasteiger partial charge in [-0.25, -0.2) is 0 Å². The molecule has 0 aliphatic heterocycles. The molecule has 0 aliphatic carbocycles. The first-order chi connectivity index (χ1) is 8.11. The van der Waals surface area contributed by atoms with Gasteiger partial charge < -0.3 is 4.74 Å². The minimum atomic E-state index is 0.499. The van der Waals surface area contributed by atoms with Gasteiger partial charge in [-0.3, -0.25) is 5.10 Å². The Kier molecular flexibility index (Phi) is 3.18. The fourth-order valence-electron chi connectivity index (χ4n) is 1.83. The highest BCUT2D eigenvalue weighted by Gasteiger charge is 2.10. The summed E-state index contributed by atoms with van der Waals surface area (Å²) in [7, 11) is 1.70. The van der Waals surface area contributed by atoms with Crippen LogP contribution < -0.4 is 4.74 Å². The second kappa shape index (κ2) is 4.62. The lowest BCUT2D eigenvalue weighted by Crippen LogP contribution is -1.93. The van der Waals surface area contributed by atoms with E-state index in [4.69, 9.17) is 4.74 Å². The van der Waals surface area contributed by atoms with Crippen molar-refractivity contribution in [2.24, 2.45) is 0 Å². The van der Waals surface area contributed by atoms with Crippen molar-refractivity contribution in [2.75, 3.05) is 7.11 Å². The molecule has 1 heterocycles. The SMILES string of the molecule is COc1cc(C(C)C)ccc1-c1cc(C)[nH]n1. The molecule has 3 nitrogen and oxygen atoms in total. The van der Waals surface area contributed by atoms with Crippen LogP contribution in [-0.2, 0) is 0 Å². The van der Waals surface area contributed by atoms with Crippen LogP contribution in [0.2, 0.25) is 0 Å². The van der Waals surface area contributed by atoms with Gasteiger partial charge in [0, 0.05) is 11.3 Å². The molecular weight excluding hydrogens is 212 g/mol. The zero-order valence-electron chi connectivity index (χ0n) is 10.7. The van der Waals surface area contributed by atoms with E-state index in [0.717, 1.165) is 22.7 Å². The number of aryl methyl sites for hydroxylation is 1. The van der Waals surface area contributed by atoms with Gasteiger partial charge in [-0.1, -0.05) is 19.9 Å². The average molecular weight is 230 g/mol. The molecule has 1 aromatic heterocycles. The Balaban J connectivity index is 2.48. The lowest BCUT2D eigenvalue weighted by atomic mass is 10.00. The van der Waals surface area contributed by atoms with Gasteiger partial charge >= 0.3 is 0 Å². The third-order valence-corrected chi connectivity index (χ3v) is 2.87. The van der Waals surface area contributed by atoms with Gasteiger partial charge in [0.2, 0.25) is 0 Å². The van der Waals surface area contributed by atoms with Crippen molar-refractivity contribution in [2.45, 2.75) is 26.7 Å². The molecule has 0 spiro atoms. The van der Waals surface area contributed by atoms with Gasteiger partial charge in [0.15, 0.2) is 0 Å². The molecule has 1 N–H and O–H groups in total. The monoisotopic (exact) mass is 230 g/mol. The van der Waals surface area contributed by atoms with Crippen molar-refractivity contribution in [3.05, 3.63) is 35.5 Å². The second-order valence-electron chi connectivity index (χ2n) is 4.55. The molecule has 2 rings (SSSR count). The Bertz CT molecular complexity index is 515. The van der Waals surface area contributed by atoms with Gasteiger partial charge in [-0.15, -0.1) is 0 Å². The summed E-state index contributed by atoms with van der Waals surface area (Å²) in [5.41, 5.74) is 4.28. The van der Waals surface area contributed by atoms with Gasteiger partial charge in [-0.05, 0) is 36.6 Å². The predicted molar refractivity (Wildman–Crippen MR) is 69.4 cm³/mol. The highest BCUT2D eigenvalue weighted by molar-refractivity contribution is 5.68. The number of benzene rings is 1. The molecule has 0 saturated carbocycles. The van der Waals surface area contributed by atoms with E-state index in [9.17, 15) is 0 Å². The third kappa shape index (κ3) is 2.33. The Morgan fingerprint density at radius 1 is 1.24 bits per heavy atom. The quantitative estimate of drug-likeness (QED) is 0.876. The van der Waals surface area contributed by atoms with Crippen molar-refractivity contribution in [3.63, 3.8) is 0 Å². The maximum atomic E-state index is 5.45. The maximum absolute atomic E-state index is 5.45. The average Bonchev–Trinajstić information content (AvgIpc) is 2.74. The largest absolute Gasteiger partial charge is 0.496 e. The summed E-state index contributed by atoms with van der Waals surface area (Å²) < 4.78 is 5.45. The van der Waals surface area contributed by atoms with E-state index in [-0.39, 0.29) is 0 Å². The number of aromatic nitrogens is 2. The van der Waals surface area contributed by atoms with Crippen LogP contribution >= 0.6 is 0 Å². The molecule has 0 radical (unpaired) electrons. The summed E-state index contributed by atoms with van der Waals surface area (Å²) >= 11 is 0. The van der Waals surface area contributed by atoms with Crippen molar-refractivity contribution in [3.8, 4) is 17.0 Å². The van der Waals surface area contributed by atoms with Crippen LogP contribution in [-0.4, -0.2) is 17.3 Å². The highest BCUT2D eigenvalue weighted by atomic mass is 16.5. The number of rotatable bonds is 3. The molecular formula is C14H18N2O. The molecule has 0 atom stereocenters. The summed E-state index contributed by atoms with van der Waals surface area (Å²) in [6, 6.07) is 8.31. The number of nitrogens with one attached hydrogen (secondary N) is 1. The lowest BCUT2D eigenvalue weighted by molar-refractivity contribution is 0.415. The number of ether oxygens (including phenoxy) is 1. The predicted octanol–water partition coefficient (Wildman–Crippen LogP) is 3.52. The summed E-state index contributed by atoms with van der Waals surface area (Å²) in [5.74, 6) is 1.38. The Morgan fingerprint density at radius 2 is 2.00 bits per heavy atom. The van der Waals surface area contributed by atoms with Crippen LogP contribution in [0.5, 0.6) is 5.75 Å². The highest BCUT2D eigenvalue weighted by Crippen LogP contribution is 2.31. The van der Waals surface area contributed by atoms with Crippen molar-refractivity contribution in [1.82, 2.24) is 10.2 Å². The molecule has 0 amide bonds. The van der Waals surface area contributed by atoms with E-state index in [2.05, 4.69) is 42.2 Å². The standard InChI is InChI=1S/C14H18N2O/c1-9(2)11-5-6-12(14(8-11)17-4)13-7-10(3)15-16-13/h5-9H,1-4H3,(H,15,16). The Morgan fingerprint density at radius 3 is 2.53 bits per heavy atom. The van der Waals surface area contributed by atoms with E-state index >= 15 is 0 Å². The zero-order valence-corrected chi connectivity index (χ0v) is 10.7. The van der Waals surface area contributed by atoms with Crippen LogP contribution in [0.15, 0.2) is 24.3 Å². The van der Waals surface area contributed by atoms with Crippen molar-refractivity contribution < 1.29 is 4.74 Å². The van der Waals surface area contributed by atoms with Crippen molar-refractivity contribution >= 4 is 0 Å². The second-order valence-corrected chi connectivity index (χ2v) is 4.55. The van der Waals surface area contributed by atoms with Crippen LogP contribution in [0, 0.1) is 6.92 Å². The number of nitrogens with zero attached hydrogens (tertiary/aromatic N) is 1. The van der Waals surface area contributed by atoms with Crippen LogP contribution in [0.4, 0.5) is 0 Å².